The number of H-pyrrole nitrogens is 1. The van der Waals surface area contributed by atoms with Crippen LogP contribution in [-0.2, 0) is 17.4 Å². The average Bonchev–Trinajstić information content (AvgIpc) is 2.68. The lowest BCUT2D eigenvalue weighted by Crippen LogP contribution is -2.12. The Morgan fingerprint density at radius 1 is 1.37 bits per heavy atom. The van der Waals surface area contributed by atoms with Crippen LogP contribution in [0.4, 0.5) is 13.2 Å². The summed E-state index contributed by atoms with van der Waals surface area (Å²) < 4.78 is 37.6. The van der Waals surface area contributed by atoms with Crippen LogP contribution in [0, 0.1) is 5.92 Å². The van der Waals surface area contributed by atoms with Crippen LogP contribution in [-0.4, -0.2) is 16.1 Å². The molecule has 3 nitrogen and oxygen atoms in total. The molecule has 0 saturated heterocycles. The zero-order valence-corrected chi connectivity index (χ0v) is 10.1. The first-order valence-corrected chi connectivity index (χ1v) is 5.69. The number of carbonyl (C=O) groups is 1. The number of aromatic nitrogens is 1. The molecule has 0 fully saturated rings. The summed E-state index contributed by atoms with van der Waals surface area (Å²) in [5, 5.41) is 9.45. The molecule has 1 atom stereocenters. The number of aliphatic carboxylic acids is 1. The molecule has 0 saturated carbocycles. The van der Waals surface area contributed by atoms with Crippen LogP contribution in [0.3, 0.4) is 0 Å². The van der Waals surface area contributed by atoms with Crippen molar-refractivity contribution in [3.8, 4) is 0 Å². The van der Waals surface area contributed by atoms with Gasteiger partial charge in [-0.15, -0.1) is 0 Å². The lowest BCUT2D eigenvalue weighted by atomic mass is 10.1. The van der Waals surface area contributed by atoms with Crippen LogP contribution >= 0.6 is 0 Å². The van der Waals surface area contributed by atoms with E-state index in [2.05, 4.69) is 4.98 Å². The number of halogens is 3. The summed E-state index contributed by atoms with van der Waals surface area (Å²) >= 11 is 0. The van der Waals surface area contributed by atoms with Crippen molar-refractivity contribution in [2.75, 3.05) is 0 Å². The summed E-state index contributed by atoms with van der Waals surface area (Å²) in [7, 11) is 0. The smallest absolute Gasteiger partial charge is 0.416 e. The van der Waals surface area contributed by atoms with Gasteiger partial charge in [0, 0.05) is 17.6 Å². The fraction of sp³-hybridized carbons (Fsp3) is 0.308. The number of fused-ring (bicyclic) bond motifs is 1. The molecule has 102 valence electrons. The predicted molar refractivity (Wildman–Crippen MR) is 63.8 cm³/mol. The first-order chi connectivity index (χ1) is 8.77. The van der Waals surface area contributed by atoms with Gasteiger partial charge in [0.1, 0.15) is 0 Å². The summed E-state index contributed by atoms with van der Waals surface area (Å²) in [5.74, 6) is -1.52. The molecule has 1 aromatic carbocycles. The Balaban J connectivity index is 2.33. The van der Waals surface area contributed by atoms with Gasteiger partial charge in [-0.05, 0) is 23.6 Å². The van der Waals surface area contributed by atoms with Crippen molar-refractivity contribution in [1.29, 1.82) is 0 Å². The van der Waals surface area contributed by atoms with Crippen molar-refractivity contribution in [1.82, 2.24) is 4.98 Å². The Hall–Kier alpha value is -1.98. The highest BCUT2D eigenvalue weighted by molar-refractivity contribution is 5.81. The molecule has 1 heterocycles. The second-order valence-electron chi connectivity index (χ2n) is 4.54. The first kappa shape index (κ1) is 13.5. The number of alkyl halides is 3. The van der Waals surface area contributed by atoms with E-state index < -0.39 is 23.6 Å². The Morgan fingerprint density at radius 2 is 2.05 bits per heavy atom. The summed E-state index contributed by atoms with van der Waals surface area (Å²) in [6.45, 7) is 1.55. The molecule has 0 aliphatic heterocycles. The number of carboxylic acid groups (broad SMARTS) is 1. The highest BCUT2D eigenvalue weighted by Crippen LogP contribution is 2.31. The Kier molecular flexibility index (Phi) is 3.26. The summed E-state index contributed by atoms with van der Waals surface area (Å²) in [6.07, 6.45) is -4.13. The van der Waals surface area contributed by atoms with Crippen molar-refractivity contribution in [2.24, 2.45) is 5.92 Å². The van der Waals surface area contributed by atoms with Crippen LogP contribution in [0.1, 0.15) is 18.2 Å². The summed E-state index contributed by atoms with van der Waals surface area (Å²) in [6, 6.07) is 5.10. The first-order valence-electron chi connectivity index (χ1n) is 5.69. The van der Waals surface area contributed by atoms with E-state index in [-0.39, 0.29) is 6.42 Å². The van der Waals surface area contributed by atoms with E-state index in [1.165, 1.54) is 6.07 Å². The van der Waals surface area contributed by atoms with E-state index in [0.717, 1.165) is 12.1 Å². The highest BCUT2D eigenvalue weighted by Gasteiger charge is 2.30. The monoisotopic (exact) mass is 271 g/mol. The average molecular weight is 271 g/mol. The Bertz CT molecular complexity index is 616. The minimum absolute atomic E-state index is 0.255. The van der Waals surface area contributed by atoms with Crippen LogP contribution in [0.25, 0.3) is 10.9 Å². The third-order valence-electron chi connectivity index (χ3n) is 2.95. The number of aromatic amines is 1. The van der Waals surface area contributed by atoms with E-state index in [1.807, 2.05) is 0 Å². The van der Waals surface area contributed by atoms with Crippen molar-refractivity contribution in [2.45, 2.75) is 19.5 Å². The van der Waals surface area contributed by atoms with Crippen molar-refractivity contribution < 1.29 is 23.1 Å². The molecular formula is C13H12F3NO2. The fourth-order valence-electron chi connectivity index (χ4n) is 1.89. The van der Waals surface area contributed by atoms with Gasteiger partial charge < -0.3 is 10.1 Å². The van der Waals surface area contributed by atoms with Crippen molar-refractivity contribution in [3.05, 3.63) is 35.5 Å². The third-order valence-corrected chi connectivity index (χ3v) is 2.95. The van der Waals surface area contributed by atoms with Crippen LogP contribution < -0.4 is 0 Å². The number of nitrogens with one attached hydrogen (secondary N) is 1. The SMILES string of the molecule is CC(Cc1cc2ccc(C(F)(F)F)cc2[nH]1)C(=O)O. The molecular weight excluding hydrogens is 259 g/mol. The maximum atomic E-state index is 12.5. The molecule has 0 bridgehead atoms. The molecule has 0 aliphatic rings. The van der Waals surface area contributed by atoms with Crippen LogP contribution in [0.2, 0.25) is 0 Å². The zero-order valence-electron chi connectivity index (χ0n) is 10.1. The van der Waals surface area contributed by atoms with Gasteiger partial charge in [-0.1, -0.05) is 13.0 Å². The second kappa shape index (κ2) is 4.60. The van der Waals surface area contributed by atoms with Crippen LogP contribution in [0.5, 0.6) is 0 Å². The molecule has 0 radical (unpaired) electrons. The van der Waals surface area contributed by atoms with Gasteiger partial charge in [-0.3, -0.25) is 4.79 Å². The van der Waals surface area contributed by atoms with E-state index in [0.29, 0.717) is 16.6 Å². The molecule has 2 rings (SSSR count). The topological polar surface area (TPSA) is 53.1 Å². The largest absolute Gasteiger partial charge is 0.481 e. The number of rotatable bonds is 3. The maximum Gasteiger partial charge on any atom is 0.416 e. The number of hydrogen-bond acceptors (Lipinski definition) is 1. The highest BCUT2D eigenvalue weighted by atomic mass is 19.4. The molecule has 2 aromatic rings. The molecule has 0 spiro atoms. The maximum absolute atomic E-state index is 12.5. The fourth-order valence-corrected chi connectivity index (χ4v) is 1.89. The predicted octanol–water partition coefficient (Wildman–Crippen LogP) is 3.45. The number of hydrogen-bond donors (Lipinski definition) is 2. The molecule has 6 heteroatoms. The van der Waals surface area contributed by atoms with Gasteiger partial charge in [-0.25, -0.2) is 0 Å². The normalized spacial score (nSPS) is 13.7. The van der Waals surface area contributed by atoms with E-state index in [1.54, 1.807) is 13.0 Å². The molecule has 0 aliphatic carbocycles. The molecule has 2 N–H and O–H groups in total. The van der Waals surface area contributed by atoms with Gasteiger partial charge in [0.2, 0.25) is 0 Å². The second-order valence-corrected chi connectivity index (χ2v) is 4.54. The van der Waals surface area contributed by atoms with Crippen LogP contribution in [0.15, 0.2) is 24.3 Å². The minimum Gasteiger partial charge on any atom is -0.481 e. The minimum atomic E-state index is -4.38. The number of carboxylic acids is 1. The van der Waals surface area contributed by atoms with Crippen molar-refractivity contribution in [3.63, 3.8) is 0 Å². The van der Waals surface area contributed by atoms with Gasteiger partial charge in [0.25, 0.3) is 0 Å². The van der Waals surface area contributed by atoms with Crippen molar-refractivity contribution >= 4 is 16.9 Å². The molecule has 19 heavy (non-hydrogen) atoms. The van der Waals surface area contributed by atoms with E-state index in [4.69, 9.17) is 5.11 Å². The molecule has 1 aromatic heterocycles. The summed E-state index contributed by atoms with van der Waals surface area (Å²) in [4.78, 5) is 13.6. The lowest BCUT2D eigenvalue weighted by Gasteiger charge is -2.05. The third kappa shape index (κ3) is 2.89. The van der Waals surface area contributed by atoms with Gasteiger partial charge in [0.05, 0.1) is 11.5 Å². The quantitative estimate of drug-likeness (QED) is 0.898. The van der Waals surface area contributed by atoms with Gasteiger partial charge in [0.15, 0.2) is 0 Å². The number of benzene rings is 1. The lowest BCUT2D eigenvalue weighted by molar-refractivity contribution is -0.141. The summed E-state index contributed by atoms with van der Waals surface area (Å²) in [5.41, 5.74) is 0.256. The van der Waals surface area contributed by atoms with Gasteiger partial charge >= 0.3 is 12.1 Å². The van der Waals surface area contributed by atoms with Gasteiger partial charge in [-0.2, -0.15) is 13.2 Å². The molecule has 0 amide bonds. The molecule has 1 unspecified atom stereocenters. The zero-order chi connectivity index (χ0) is 14.2. The van der Waals surface area contributed by atoms with E-state index in [9.17, 15) is 18.0 Å². The Labute approximate surface area is 107 Å². The standard InChI is InChI=1S/C13H12F3NO2/c1-7(12(18)19)4-10-5-8-2-3-9(13(14,15)16)6-11(8)17-10/h2-3,5-7,17H,4H2,1H3,(H,18,19). The van der Waals surface area contributed by atoms with E-state index >= 15 is 0 Å². The Morgan fingerprint density at radius 3 is 2.63 bits per heavy atom.